The number of ether oxygens (including phenoxy) is 1. The smallest absolute Gasteiger partial charge is 0.302 e. The van der Waals surface area contributed by atoms with E-state index in [0.717, 1.165) is 24.5 Å². The van der Waals surface area contributed by atoms with Gasteiger partial charge in [0.15, 0.2) is 5.82 Å². The van der Waals surface area contributed by atoms with E-state index in [9.17, 15) is 8.78 Å². The van der Waals surface area contributed by atoms with Gasteiger partial charge in [-0.2, -0.15) is 8.78 Å². The minimum absolute atomic E-state index is 0.177. The molecule has 0 bridgehead atoms. The summed E-state index contributed by atoms with van der Waals surface area (Å²) in [5.41, 5.74) is 2.17. The maximum absolute atomic E-state index is 13.9. The van der Waals surface area contributed by atoms with Crippen LogP contribution in [0, 0.1) is 5.92 Å². The predicted molar refractivity (Wildman–Crippen MR) is 82.0 cm³/mol. The fourth-order valence-corrected chi connectivity index (χ4v) is 2.74. The van der Waals surface area contributed by atoms with Crippen molar-refractivity contribution in [3.8, 4) is 0 Å². The summed E-state index contributed by atoms with van der Waals surface area (Å²) in [5, 5.41) is 3.00. The van der Waals surface area contributed by atoms with Gasteiger partial charge in [0.2, 0.25) is 0 Å². The van der Waals surface area contributed by atoms with Crippen molar-refractivity contribution in [2.24, 2.45) is 5.92 Å². The molecule has 0 fully saturated rings. The molecule has 4 nitrogen and oxygen atoms in total. The number of alkyl halides is 2. The molecule has 0 amide bonds. The predicted octanol–water partition coefficient (Wildman–Crippen LogP) is 3.74. The van der Waals surface area contributed by atoms with Crippen LogP contribution in [0.5, 0.6) is 0 Å². The number of benzene rings is 1. The van der Waals surface area contributed by atoms with Crippen LogP contribution in [0.4, 0.5) is 14.5 Å². The highest BCUT2D eigenvalue weighted by atomic mass is 19.3. The zero-order chi connectivity index (χ0) is 15.7. The third-order valence-electron chi connectivity index (χ3n) is 3.90. The number of fused-ring (bicyclic) bond motifs is 1. The molecule has 0 aliphatic carbocycles. The summed E-state index contributed by atoms with van der Waals surface area (Å²) in [5.74, 6) is -2.99. The Bertz CT molecular complexity index is 703. The van der Waals surface area contributed by atoms with Gasteiger partial charge in [0.05, 0.1) is 23.9 Å². The summed E-state index contributed by atoms with van der Waals surface area (Å²) >= 11 is 0. The SMILES string of the molecule is CNc1ccc2c(c1)nc(C(C)(F)F)n2CC1C=COCC1. The monoisotopic (exact) mass is 307 g/mol. The van der Waals surface area contributed by atoms with Crippen molar-refractivity contribution in [2.45, 2.75) is 25.8 Å². The minimum atomic E-state index is -2.98. The molecule has 22 heavy (non-hydrogen) atoms. The number of hydrogen-bond acceptors (Lipinski definition) is 3. The molecular formula is C16H19F2N3O. The Kier molecular flexibility index (Phi) is 3.76. The number of anilines is 1. The van der Waals surface area contributed by atoms with Crippen molar-refractivity contribution in [3.63, 3.8) is 0 Å². The Balaban J connectivity index is 2.08. The van der Waals surface area contributed by atoms with Crippen molar-refractivity contribution in [1.29, 1.82) is 0 Å². The fraction of sp³-hybridized carbons (Fsp3) is 0.438. The molecule has 2 heterocycles. The lowest BCUT2D eigenvalue weighted by molar-refractivity contribution is 0.00393. The molecule has 0 spiro atoms. The fourth-order valence-electron chi connectivity index (χ4n) is 2.74. The molecule has 1 atom stereocenters. The normalized spacial score (nSPS) is 18.5. The Morgan fingerprint density at radius 3 is 2.91 bits per heavy atom. The zero-order valence-electron chi connectivity index (χ0n) is 12.6. The van der Waals surface area contributed by atoms with E-state index in [1.165, 1.54) is 0 Å². The van der Waals surface area contributed by atoms with Gasteiger partial charge in [-0.15, -0.1) is 0 Å². The zero-order valence-corrected chi connectivity index (χ0v) is 12.6. The lowest BCUT2D eigenvalue weighted by atomic mass is 10.0. The number of nitrogens with one attached hydrogen (secondary N) is 1. The van der Waals surface area contributed by atoms with E-state index in [-0.39, 0.29) is 11.7 Å². The van der Waals surface area contributed by atoms with Crippen LogP contribution in [-0.4, -0.2) is 23.2 Å². The quantitative estimate of drug-likeness (QED) is 0.935. The van der Waals surface area contributed by atoms with Crippen molar-refractivity contribution in [2.75, 3.05) is 19.0 Å². The summed E-state index contributed by atoms with van der Waals surface area (Å²) in [6.45, 7) is 1.99. The van der Waals surface area contributed by atoms with Crippen LogP contribution in [0.3, 0.4) is 0 Å². The van der Waals surface area contributed by atoms with E-state index >= 15 is 0 Å². The number of rotatable bonds is 4. The Morgan fingerprint density at radius 1 is 1.45 bits per heavy atom. The lowest BCUT2D eigenvalue weighted by Gasteiger charge is -2.20. The lowest BCUT2D eigenvalue weighted by Crippen LogP contribution is -2.20. The average molecular weight is 307 g/mol. The van der Waals surface area contributed by atoms with Gasteiger partial charge in [0.1, 0.15) is 0 Å². The van der Waals surface area contributed by atoms with Crippen LogP contribution in [0.2, 0.25) is 0 Å². The number of nitrogens with zero attached hydrogens (tertiary/aromatic N) is 2. The molecule has 6 heteroatoms. The first kappa shape index (κ1) is 14.8. The molecule has 1 aromatic carbocycles. The third-order valence-corrected chi connectivity index (χ3v) is 3.90. The van der Waals surface area contributed by atoms with Gasteiger partial charge in [0.25, 0.3) is 0 Å². The van der Waals surface area contributed by atoms with Gasteiger partial charge in [-0.3, -0.25) is 0 Å². The highest BCUT2D eigenvalue weighted by Gasteiger charge is 2.32. The number of imidazole rings is 1. The average Bonchev–Trinajstić information content (AvgIpc) is 2.86. The number of allylic oxidation sites excluding steroid dienone is 1. The first-order valence-corrected chi connectivity index (χ1v) is 7.33. The van der Waals surface area contributed by atoms with Crippen molar-refractivity contribution in [3.05, 3.63) is 36.4 Å². The van der Waals surface area contributed by atoms with Crippen LogP contribution >= 0.6 is 0 Å². The van der Waals surface area contributed by atoms with E-state index in [4.69, 9.17) is 4.74 Å². The van der Waals surface area contributed by atoms with E-state index < -0.39 is 5.92 Å². The molecule has 1 N–H and O–H groups in total. The molecule has 1 unspecified atom stereocenters. The van der Waals surface area contributed by atoms with E-state index in [1.54, 1.807) is 23.9 Å². The number of hydrogen-bond donors (Lipinski definition) is 1. The molecule has 1 aliphatic heterocycles. The number of halogens is 2. The molecule has 3 rings (SSSR count). The van der Waals surface area contributed by atoms with Crippen LogP contribution in [-0.2, 0) is 17.2 Å². The second kappa shape index (κ2) is 5.59. The molecule has 2 aromatic rings. The van der Waals surface area contributed by atoms with Gasteiger partial charge in [0, 0.05) is 32.1 Å². The van der Waals surface area contributed by atoms with Gasteiger partial charge >= 0.3 is 5.92 Å². The highest BCUT2D eigenvalue weighted by molar-refractivity contribution is 5.80. The first-order chi connectivity index (χ1) is 10.5. The van der Waals surface area contributed by atoms with Gasteiger partial charge in [-0.05, 0) is 30.7 Å². The van der Waals surface area contributed by atoms with Crippen LogP contribution < -0.4 is 5.32 Å². The maximum Gasteiger partial charge on any atom is 0.302 e. The topological polar surface area (TPSA) is 39.1 Å². The van der Waals surface area contributed by atoms with Crippen molar-refractivity contribution < 1.29 is 13.5 Å². The summed E-state index contributed by atoms with van der Waals surface area (Å²) in [4.78, 5) is 4.18. The second-order valence-corrected chi connectivity index (χ2v) is 5.64. The van der Waals surface area contributed by atoms with Crippen LogP contribution in [0.1, 0.15) is 19.2 Å². The Morgan fingerprint density at radius 2 is 2.27 bits per heavy atom. The largest absolute Gasteiger partial charge is 0.501 e. The summed E-state index contributed by atoms with van der Waals surface area (Å²) in [6.07, 6.45) is 4.39. The molecule has 0 radical (unpaired) electrons. The Hall–Kier alpha value is -2.11. The van der Waals surface area contributed by atoms with Crippen molar-refractivity contribution >= 4 is 16.7 Å². The third kappa shape index (κ3) is 2.77. The molecule has 0 saturated heterocycles. The van der Waals surface area contributed by atoms with Gasteiger partial charge < -0.3 is 14.6 Å². The minimum Gasteiger partial charge on any atom is -0.501 e. The summed E-state index contributed by atoms with van der Waals surface area (Å²) in [7, 11) is 1.79. The Labute approximate surface area is 127 Å². The number of aromatic nitrogens is 2. The van der Waals surface area contributed by atoms with Crippen LogP contribution in [0.15, 0.2) is 30.5 Å². The van der Waals surface area contributed by atoms with E-state index in [1.807, 2.05) is 18.2 Å². The van der Waals surface area contributed by atoms with Gasteiger partial charge in [-0.25, -0.2) is 4.98 Å². The molecule has 0 saturated carbocycles. The molecule has 1 aliphatic rings. The second-order valence-electron chi connectivity index (χ2n) is 5.64. The molecule has 118 valence electrons. The maximum atomic E-state index is 13.9. The van der Waals surface area contributed by atoms with E-state index in [2.05, 4.69) is 10.3 Å². The summed E-state index contributed by atoms with van der Waals surface area (Å²) in [6, 6.07) is 5.51. The molecule has 1 aromatic heterocycles. The van der Waals surface area contributed by atoms with Crippen molar-refractivity contribution in [1.82, 2.24) is 9.55 Å². The van der Waals surface area contributed by atoms with Gasteiger partial charge in [-0.1, -0.05) is 0 Å². The van der Waals surface area contributed by atoms with Crippen LogP contribution in [0.25, 0.3) is 11.0 Å². The standard InChI is InChI=1S/C16H19F2N3O/c1-16(17,18)15-20-13-9-12(19-2)3-4-14(13)21(15)10-11-5-7-22-8-6-11/h3-5,7,9,11,19H,6,8,10H2,1-2H3. The van der Waals surface area contributed by atoms with E-state index in [0.29, 0.717) is 18.7 Å². The molecular weight excluding hydrogens is 288 g/mol. The first-order valence-electron chi connectivity index (χ1n) is 7.33. The highest BCUT2D eigenvalue weighted by Crippen LogP contribution is 2.32. The summed E-state index contributed by atoms with van der Waals surface area (Å²) < 4.78 is 34.7.